The summed E-state index contributed by atoms with van der Waals surface area (Å²) in [5.74, 6) is 0. The molecule has 0 aliphatic heterocycles. The Labute approximate surface area is 141 Å². The molecular formula is C12H12ClN7S2. The van der Waals surface area contributed by atoms with E-state index in [-0.39, 0.29) is 10.2 Å². The average Bonchev–Trinajstić information content (AvgIpc) is 2.74. The number of nitrogens with zero attached hydrogens (tertiary/aromatic N) is 2. The van der Waals surface area contributed by atoms with Crippen molar-refractivity contribution in [3.63, 3.8) is 0 Å². The van der Waals surface area contributed by atoms with Crippen LogP contribution >= 0.6 is 36.0 Å². The van der Waals surface area contributed by atoms with Crippen molar-refractivity contribution >= 4 is 69.6 Å². The van der Waals surface area contributed by atoms with Crippen LogP contribution in [-0.4, -0.2) is 27.6 Å². The Morgan fingerprint density at radius 3 is 2.41 bits per heavy atom. The lowest BCUT2D eigenvalue weighted by Crippen LogP contribution is -2.24. The van der Waals surface area contributed by atoms with Crippen LogP contribution < -0.4 is 22.3 Å². The maximum absolute atomic E-state index is 6.16. The minimum atomic E-state index is 0.0730. The van der Waals surface area contributed by atoms with E-state index in [0.29, 0.717) is 10.7 Å². The number of nitrogens with one attached hydrogen (secondary N) is 3. The molecule has 1 aromatic heterocycles. The summed E-state index contributed by atoms with van der Waals surface area (Å²) in [4.78, 5) is 3.05. The maximum Gasteiger partial charge on any atom is 0.184 e. The third-order valence-electron chi connectivity index (χ3n) is 2.57. The fourth-order valence-corrected chi connectivity index (χ4v) is 2.09. The lowest BCUT2D eigenvalue weighted by Gasteiger charge is -1.98. The standard InChI is InChI=1S/C12H12ClN7S2/c13-10-8(5-17-20-12(15)22)7-3-6(1-2-9(7)18-10)4-16-19-11(14)21/h1-5,18H,(H3,14,19,21)(H3,15,20,22)/b16-4?,17-5+. The van der Waals surface area contributed by atoms with Crippen LogP contribution in [0.15, 0.2) is 28.4 Å². The minimum absolute atomic E-state index is 0.0730. The van der Waals surface area contributed by atoms with Gasteiger partial charge in [-0.15, -0.1) is 0 Å². The Morgan fingerprint density at radius 1 is 1.14 bits per heavy atom. The van der Waals surface area contributed by atoms with Gasteiger partial charge in [-0.3, -0.25) is 10.9 Å². The van der Waals surface area contributed by atoms with Gasteiger partial charge in [-0.05, 0) is 42.1 Å². The summed E-state index contributed by atoms with van der Waals surface area (Å²) >= 11 is 15.5. The molecule has 0 fully saturated rings. The highest BCUT2D eigenvalue weighted by Crippen LogP contribution is 2.25. The topological polar surface area (TPSA) is 117 Å². The number of rotatable bonds is 4. The normalized spacial score (nSPS) is 11.3. The number of fused-ring (bicyclic) bond motifs is 1. The quantitative estimate of drug-likeness (QED) is 0.320. The number of hydrogen-bond donors (Lipinski definition) is 5. The number of benzene rings is 1. The predicted molar refractivity (Wildman–Crippen MR) is 98.3 cm³/mol. The Balaban J connectivity index is 2.33. The molecule has 0 radical (unpaired) electrons. The van der Waals surface area contributed by atoms with Gasteiger partial charge in [0.1, 0.15) is 5.15 Å². The molecule has 0 aliphatic rings. The lowest BCUT2D eigenvalue weighted by molar-refractivity contribution is 1.04. The highest BCUT2D eigenvalue weighted by molar-refractivity contribution is 7.80. The van der Waals surface area contributed by atoms with Crippen molar-refractivity contribution in [3.8, 4) is 0 Å². The van der Waals surface area contributed by atoms with E-state index in [2.05, 4.69) is 50.5 Å². The molecule has 1 aromatic carbocycles. The summed E-state index contributed by atoms with van der Waals surface area (Å²) in [6.07, 6.45) is 3.13. The van der Waals surface area contributed by atoms with E-state index in [4.69, 9.17) is 23.1 Å². The van der Waals surface area contributed by atoms with Gasteiger partial charge in [0.2, 0.25) is 0 Å². The zero-order valence-electron chi connectivity index (χ0n) is 11.1. The zero-order valence-corrected chi connectivity index (χ0v) is 13.5. The Hall–Kier alpha value is -2.23. The van der Waals surface area contributed by atoms with Gasteiger partial charge in [0.25, 0.3) is 0 Å². The van der Waals surface area contributed by atoms with E-state index in [1.54, 1.807) is 6.21 Å². The molecular weight excluding hydrogens is 342 g/mol. The molecule has 22 heavy (non-hydrogen) atoms. The fourth-order valence-electron chi connectivity index (χ4n) is 1.73. The molecule has 0 unspecified atom stereocenters. The minimum Gasteiger partial charge on any atom is -0.375 e. The maximum atomic E-state index is 6.16. The summed E-state index contributed by atoms with van der Waals surface area (Å²) in [6.45, 7) is 0. The molecule has 0 spiro atoms. The van der Waals surface area contributed by atoms with Gasteiger partial charge in [0, 0.05) is 16.5 Å². The van der Waals surface area contributed by atoms with Crippen LogP contribution in [0.5, 0.6) is 0 Å². The molecule has 0 saturated carbocycles. The van der Waals surface area contributed by atoms with Crippen LogP contribution in [0, 0.1) is 0 Å². The van der Waals surface area contributed by atoms with Crippen LogP contribution in [0.2, 0.25) is 5.15 Å². The number of hydrogen-bond acceptors (Lipinski definition) is 4. The molecule has 0 atom stereocenters. The third kappa shape index (κ3) is 4.13. The average molecular weight is 354 g/mol. The van der Waals surface area contributed by atoms with Gasteiger partial charge in [-0.1, -0.05) is 17.7 Å². The van der Waals surface area contributed by atoms with Crippen LogP contribution in [0.1, 0.15) is 11.1 Å². The van der Waals surface area contributed by atoms with Gasteiger partial charge in [-0.2, -0.15) is 10.2 Å². The zero-order chi connectivity index (χ0) is 16.1. The van der Waals surface area contributed by atoms with Crippen molar-refractivity contribution < 1.29 is 0 Å². The molecule has 2 aromatic rings. The van der Waals surface area contributed by atoms with E-state index in [1.807, 2.05) is 18.2 Å². The van der Waals surface area contributed by atoms with E-state index in [0.717, 1.165) is 16.5 Å². The first-order valence-corrected chi connectivity index (χ1v) is 7.15. The molecule has 10 heteroatoms. The van der Waals surface area contributed by atoms with Crippen LogP contribution in [-0.2, 0) is 0 Å². The van der Waals surface area contributed by atoms with Crippen molar-refractivity contribution in [2.45, 2.75) is 0 Å². The number of nitrogens with two attached hydrogens (primary N) is 2. The van der Waals surface area contributed by atoms with Gasteiger partial charge < -0.3 is 16.5 Å². The van der Waals surface area contributed by atoms with Gasteiger partial charge in [0.15, 0.2) is 10.2 Å². The first kappa shape index (κ1) is 16.1. The summed E-state index contributed by atoms with van der Waals surface area (Å²) in [5, 5.41) is 9.32. The summed E-state index contributed by atoms with van der Waals surface area (Å²) < 4.78 is 0. The van der Waals surface area contributed by atoms with Crippen LogP contribution in [0.4, 0.5) is 0 Å². The lowest BCUT2D eigenvalue weighted by atomic mass is 10.1. The molecule has 0 amide bonds. The van der Waals surface area contributed by atoms with Gasteiger partial charge in [-0.25, -0.2) is 0 Å². The second kappa shape index (κ2) is 7.16. The highest BCUT2D eigenvalue weighted by atomic mass is 35.5. The molecule has 0 saturated heterocycles. The van der Waals surface area contributed by atoms with Crippen molar-refractivity contribution in [2.75, 3.05) is 0 Å². The second-order valence-electron chi connectivity index (χ2n) is 4.13. The first-order valence-electron chi connectivity index (χ1n) is 5.95. The summed E-state index contributed by atoms with van der Waals surface area (Å²) in [7, 11) is 0. The smallest absolute Gasteiger partial charge is 0.184 e. The summed E-state index contributed by atoms with van der Waals surface area (Å²) in [5.41, 5.74) is 18.0. The Kier molecular flexibility index (Phi) is 5.26. The van der Waals surface area contributed by atoms with E-state index >= 15 is 0 Å². The number of aromatic nitrogens is 1. The third-order valence-corrected chi connectivity index (χ3v) is 3.05. The SMILES string of the molecule is NC(=S)NN=Cc1ccc2[nH]c(Cl)c(/C=N/NC(N)=S)c2c1. The van der Waals surface area contributed by atoms with Crippen molar-refractivity contribution in [2.24, 2.45) is 21.7 Å². The molecule has 114 valence electrons. The van der Waals surface area contributed by atoms with Gasteiger partial charge >= 0.3 is 0 Å². The Bertz CT molecular complexity index is 781. The fraction of sp³-hybridized carbons (Fsp3) is 0. The molecule has 0 aliphatic carbocycles. The largest absolute Gasteiger partial charge is 0.375 e. The monoisotopic (exact) mass is 353 g/mol. The highest BCUT2D eigenvalue weighted by Gasteiger charge is 2.08. The predicted octanol–water partition coefficient (Wildman–Crippen LogP) is 1.16. The van der Waals surface area contributed by atoms with Crippen molar-refractivity contribution in [1.29, 1.82) is 0 Å². The Morgan fingerprint density at radius 2 is 1.77 bits per heavy atom. The number of hydrazone groups is 2. The first-order chi connectivity index (χ1) is 10.5. The molecule has 7 nitrogen and oxygen atoms in total. The summed E-state index contributed by atoms with van der Waals surface area (Å²) in [6, 6.07) is 5.64. The number of aromatic amines is 1. The number of thiocarbonyl (C=S) groups is 2. The van der Waals surface area contributed by atoms with E-state index in [9.17, 15) is 0 Å². The van der Waals surface area contributed by atoms with Crippen molar-refractivity contribution in [3.05, 3.63) is 34.5 Å². The van der Waals surface area contributed by atoms with E-state index in [1.165, 1.54) is 6.21 Å². The van der Waals surface area contributed by atoms with Crippen LogP contribution in [0.3, 0.4) is 0 Å². The van der Waals surface area contributed by atoms with Crippen molar-refractivity contribution in [1.82, 2.24) is 15.8 Å². The van der Waals surface area contributed by atoms with Crippen LogP contribution in [0.25, 0.3) is 10.9 Å². The van der Waals surface area contributed by atoms with Gasteiger partial charge in [0.05, 0.1) is 12.4 Å². The molecule has 1 heterocycles. The van der Waals surface area contributed by atoms with E-state index < -0.39 is 0 Å². The molecule has 7 N–H and O–H groups in total. The molecule has 2 rings (SSSR count). The number of halogens is 1. The second-order valence-corrected chi connectivity index (χ2v) is 5.38. The molecule has 0 bridgehead atoms. The number of H-pyrrole nitrogens is 1.